The summed E-state index contributed by atoms with van der Waals surface area (Å²) in [6, 6.07) is 0.991. The molecule has 3 nitrogen and oxygen atoms in total. The van der Waals surface area contributed by atoms with E-state index in [1.807, 2.05) is 0 Å². The number of hydrogen-bond acceptors (Lipinski definition) is 3. The summed E-state index contributed by atoms with van der Waals surface area (Å²) in [5.74, 6) is 2.77. The summed E-state index contributed by atoms with van der Waals surface area (Å²) in [4.78, 5) is 2.57. The number of morpholine rings is 1. The van der Waals surface area contributed by atoms with E-state index in [9.17, 15) is 0 Å². The van der Waals surface area contributed by atoms with Gasteiger partial charge in [0.05, 0.1) is 12.7 Å². The highest BCUT2D eigenvalue weighted by Gasteiger charge is 2.35. The highest BCUT2D eigenvalue weighted by Crippen LogP contribution is 2.24. The number of rotatable bonds is 5. The van der Waals surface area contributed by atoms with Gasteiger partial charge in [-0.25, -0.2) is 0 Å². The van der Waals surface area contributed by atoms with Crippen LogP contribution in [0.1, 0.15) is 32.6 Å². The van der Waals surface area contributed by atoms with Crippen molar-refractivity contribution in [2.75, 3.05) is 26.2 Å². The number of ether oxygens (including phenoxy) is 1. The molecule has 0 saturated carbocycles. The average molecular weight is 236 g/mol. The van der Waals surface area contributed by atoms with Gasteiger partial charge in [-0.1, -0.05) is 6.92 Å². The third kappa shape index (κ3) is 3.22. The normalized spacial score (nSPS) is 30.8. The standard InChI is InChI=1S/C14H24N2O/c1-3-6-13(15-8-4-2)14-10-16-9-5-7-12(16)11-17-14/h1,12-15H,4-11H2,2H3. The van der Waals surface area contributed by atoms with Gasteiger partial charge < -0.3 is 10.1 Å². The van der Waals surface area contributed by atoms with Crippen LogP contribution in [-0.2, 0) is 4.74 Å². The van der Waals surface area contributed by atoms with E-state index < -0.39 is 0 Å². The molecule has 3 atom stereocenters. The van der Waals surface area contributed by atoms with Crippen LogP contribution in [0, 0.1) is 12.3 Å². The summed E-state index contributed by atoms with van der Waals surface area (Å²) >= 11 is 0. The summed E-state index contributed by atoms with van der Waals surface area (Å²) in [6.07, 6.45) is 10.3. The van der Waals surface area contributed by atoms with Crippen molar-refractivity contribution in [3.8, 4) is 12.3 Å². The van der Waals surface area contributed by atoms with Crippen molar-refractivity contribution < 1.29 is 4.74 Å². The van der Waals surface area contributed by atoms with Gasteiger partial charge in [-0.05, 0) is 32.4 Å². The zero-order valence-electron chi connectivity index (χ0n) is 10.8. The van der Waals surface area contributed by atoms with Crippen molar-refractivity contribution in [1.82, 2.24) is 10.2 Å². The monoisotopic (exact) mass is 236 g/mol. The van der Waals surface area contributed by atoms with Crippen molar-refractivity contribution in [3.05, 3.63) is 0 Å². The SMILES string of the molecule is C#CCC(NCCC)C1CN2CCCC2CO1. The summed E-state index contributed by atoms with van der Waals surface area (Å²) in [5, 5.41) is 3.53. The predicted octanol–water partition coefficient (Wildman–Crippen LogP) is 1.24. The lowest BCUT2D eigenvalue weighted by molar-refractivity contribution is -0.0636. The molecule has 0 aromatic rings. The molecule has 2 fully saturated rings. The Hall–Kier alpha value is -0.560. The first kappa shape index (κ1) is 12.9. The van der Waals surface area contributed by atoms with E-state index in [-0.39, 0.29) is 6.10 Å². The minimum Gasteiger partial charge on any atom is -0.374 e. The van der Waals surface area contributed by atoms with Crippen molar-refractivity contribution >= 4 is 0 Å². The van der Waals surface area contributed by atoms with Crippen molar-refractivity contribution in [2.24, 2.45) is 0 Å². The van der Waals surface area contributed by atoms with E-state index in [4.69, 9.17) is 11.2 Å². The second kappa shape index (κ2) is 6.39. The second-order valence-electron chi connectivity index (χ2n) is 5.13. The first-order valence-electron chi connectivity index (χ1n) is 6.87. The molecule has 0 aromatic heterocycles. The first-order valence-corrected chi connectivity index (χ1v) is 6.87. The Kier molecular flexibility index (Phi) is 4.85. The molecular weight excluding hydrogens is 212 g/mol. The molecule has 2 aliphatic heterocycles. The van der Waals surface area contributed by atoms with E-state index in [1.165, 1.54) is 19.4 Å². The molecule has 2 aliphatic rings. The largest absolute Gasteiger partial charge is 0.374 e. The molecule has 1 N–H and O–H groups in total. The van der Waals surface area contributed by atoms with Gasteiger partial charge in [0.2, 0.25) is 0 Å². The predicted molar refractivity (Wildman–Crippen MR) is 69.9 cm³/mol. The Bertz CT molecular complexity index is 274. The van der Waals surface area contributed by atoms with Crippen LogP contribution >= 0.6 is 0 Å². The molecule has 2 saturated heterocycles. The minimum atomic E-state index is 0.270. The van der Waals surface area contributed by atoms with E-state index in [2.05, 4.69) is 23.1 Å². The fourth-order valence-electron chi connectivity index (χ4n) is 2.88. The summed E-state index contributed by atoms with van der Waals surface area (Å²) in [7, 11) is 0. The van der Waals surface area contributed by atoms with Crippen LogP contribution < -0.4 is 5.32 Å². The van der Waals surface area contributed by atoms with Crippen molar-refractivity contribution in [2.45, 2.75) is 50.8 Å². The lowest BCUT2D eigenvalue weighted by Crippen LogP contribution is -2.54. The maximum Gasteiger partial charge on any atom is 0.0864 e. The zero-order valence-corrected chi connectivity index (χ0v) is 10.8. The third-order valence-electron chi connectivity index (χ3n) is 3.86. The molecule has 0 aliphatic carbocycles. The van der Waals surface area contributed by atoms with E-state index >= 15 is 0 Å². The number of terminal acetylenes is 1. The van der Waals surface area contributed by atoms with Crippen molar-refractivity contribution in [3.63, 3.8) is 0 Å². The first-order chi connectivity index (χ1) is 8.35. The Morgan fingerprint density at radius 3 is 3.24 bits per heavy atom. The van der Waals surface area contributed by atoms with Crippen LogP contribution in [0.4, 0.5) is 0 Å². The molecule has 0 amide bonds. The maximum atomic E-state index is 6.00. The van der Waals surface area contributed by atoms with Gasteiger partial charge in [-0.15, -0.1) is 12.3 Å². The lowest BCUT2D eigenvalue weighted by Gasteiger charge is -2.38. The van der Waals surface area contributed by atoms with Gasteiger partial charge in [-0.2, -0.15) is 0 Å². The maximum absolute atomic E-state index is 6.00. The van der Waals surface area contributed by atoms with Gasteiger partial charge >= 0.3 is 0 Å². The summed E-state index contributed by atoms with van der Waals surface area (Å²) in [5.41, 5.74) is 0. The summed E-state index contributed by atoms with van der Waals surface area (Å²) < 4.78 is 6.00. The number of hydrogen-bond donors (Lipinski definition) is 1. The summed E-state index contributed by atoms with van der Waals surface area (Å²) in [6.45, 7) is 6.38. The van der Waals surface area contributed by atoms with Gasteiger partial charge in [-0.3, -0.25) is 4.90 Å². The Morgan fingerprint density at radius 2 is 2.47 bits per heavy atom. The van der Waals surface area contributed by atoms with Crippen LogP contribution in [0.2, 0.25) is 0 Å². The molecule has 3 heteroatoms. The molecule has 2 heterocycles. The van der Waals surface area contributed by atoms with Crippen LogP contribution in [0.25, 0.3) is 0 Å². The molecular formula is C14H24N2O. The second-order valence-corrected chi connectivity index (χ2v) is 5.13. The molecule has 96 valence electrons. The Balaban J connectivity index is 1.87. The topological polar surface area (TPSA) is 24.5 Å². The van der Waals surface area contributed by atoms with Crippen LogP contribution in [-0.4, -0.2) is 49.3 Å². The molecule has 17 heavy (non-hydrogen) atoms. The van der Waals surface area contributed by atoms with Crippen LogP contribution in [0.5, 0.6) is 0 Å². The minimum absolute atomic E-state index is 0.270. The highest BCUT2D eigenvalue weighted by atomic mass is 16.5. The highest BCUT2D eigenvalue weighted by molar-refractivity contribution is 4.96. The number of nitrogens with zero attached hydrogens (tertiary/aromatic N) is 1. The van der Waals surface area contributed by atoms with Crippen molar-refractivity contribution in [1.29, 1.82) is 0 Å². The van der Waals surface area contributed by atoms with Gasteiger partial charge in [0, 0.05) is 25.0 Å². The quantitative estimate of drug-likeness (QED) is 0.727. The van der Waals surface area contributed by atoms with E-state index in [0.717, 1.165) is 32.5 Å². The molecule has 0 spiro atoms. The van der Waals surface area contributed by atoms with Crippen LogP contribution in [0.3, 0.4) is 0 Å². The third-order valence-corrected chi connectivity index (χ3v) is 3.86. The number of fused-ring (bicyclic) bond motifs is 1. The Morgan fingerprint density at radius 1 is 1.59 bits per heavy atom. The molecule has 0 aromatic carbocycles. The lowest BCUT2D eigenvalue weighted by atomic mass is 10.0. The van der Waals surface area contributed by atoms with Gasteiger partial charge in [0.15, 0.2) is 0 Å². The molecule has 3 unspecified atom stereocenters. The van der Waals surface area contributed by atoms with E-state index in [1.54, 1.807) is 0 Å². The Labute approximate surface area is 105 Å². The van der Waals surface area contributed by atoms with Crippen LogP contribution in [0.15, 0.2) is 0 Å². The molecule has 0 bridgehead atoms. The fraction of sp³-hybridized carbons (Fsp3) is 0.857. The molecule has 0 radical (unpaired) electrons. The van der Waals surface area contributed by atoms with Gasteiger partial charge in [0.25, 0.3) is 0 Å². The zero-order chi connectivity index (χ0) is 12.1. The molecule has 2 rings (SSSR count). The fourth-order valence-corrected chi connectivity index (χ4v) is 2.88. The van der Waals surface area contributed by atoms with E-state index in [0.29, 0.717) is 12.1 Å². The smallest absolute Gasteiger partial charge is 0.0864 e. The van der Waals surface area contributed by atoms with Gasteiger partial charge in [0.1, 0.15) is 0 Å². The average Bonchev–Trinajstić information content (AvgIpc) is 2.81. The number of nitrogens with one attached hydrogen (secondary N) is 1.